The number of nitrogens with one attached hydrogen (secondary N) is 1. The van der Waals surface area contributed by atoms with E-state index in [1.807, 2.05) is 49.4 Å². The number of nitrogens with zero attached hydrogens (tertiary/aromatic N) is 1. The van der Waals surface area contributed by atoms with Crippen molar-refractivity contribution in [2.75, 3.05) is 12.4 Å². The molecule has 0 heterocycles. The number of benzene rings is 3. The quantitative estimate of drug-likeness (QED) is 0.141. The molecule has 0 aliphatic heterocycles. The third-order valence-electron chi connectivity index (χ3n) is 4.76. The second-order valence-corrected chi connectivity index (χ2v) is 9.61. The molecule has 3 rings (SSSR count). The molecule has 172 valence electrons. The summed E-state index contributed by atoms with van der Waals surface area (Å²) >= 11 is 4.37. The van der Waals surface area contributed by atoms with E-state index < -0.39 is 11.9 Å². The second-order valence-electron chi connectivity index (χ2n) is 7.28. The van der Waals surface area contributed by atoms with Gasteiger partial charge in [0.1, 0.15) is 24.0 Å². The van der Waals surface area contributed by atoms with E-state index in [2.05, 4.69) is 55.2 Å². The lowest BCUT2D eigenvalue weighted by molar-refractivity contribution is -0.112. The van der Waals surface area contributed by atoms with E-state index in [9.17, 15) is 14.9 Å². The number of carbonyl (C=O) groups excluding carboxylic acids is 2. The smallest absolute Gasteiger partial charge is 0.337 e. The standard InChI is InChI=1S/C26H20I2N2O4/c1-16-3-5-17(6-4-16)15-34-24-22(27)12-18(13-23(24)28)11-20(14-29)25(31)30-21-9-7-19(8-10-21)26(32)33-2/h3-13H,15H2,1-2H3,(H,30,31)/b20-11+. The summed E-state index contributed by atoms with van der Waals surface area (Å²) in [6.45, 7) is 2.49. The Balaban J connectivity index is 1.73. The molecular weight excluding hydrogens is 658 g/mol. The van der Waals surface area contributed by atoms with Gasteiger partial charge in [-0.05, 0) is 106 Å². The number of methoxy groups -OCH3 is 1. The van der Waals surface area contributed by atoms with Crippen molar-refractivity contribution in [2.45, 2.75) is 13.5 Å². The van der Waals surface area contributed by atoms with Gasteiger partial charge in [0, 0.05) is 5.69 Å². The molecule has 0 saturated carbocycles. The lowest BCUT2D eigenvalue weighted by Gasteiger charge is -2.12. The second kappa shape index (κ2) is 12.0. The molecule has 3 aromatic carbocycles. The highest BCUT2D eigenvalue weighted by atomic mass is 127. The molecule has 1 N–H and O–H groups in total. The average molecular weight is 678 g/mol. The molecule has 0 aromatic heterocycles. The van der Waals surface area contributed by atoms with Crippen LogP contribution in [-0.4, -0.2) is 19.0 Å². The average Bonchev–Trinajstić information content (AvgIpc) is 2.83. The van der Waals surface area contributed by atoms with Crippen LogP contribution in [0.1, 0.15) is 27.0 Å². The minimum Gasteiger partial charge on any atom is -0.487 e. The first-order valence-corrected chi connectivity index (χ1v) is 12.3. The summed E-state index contributed by atoms with van der Waals surface area (Å²) < 4.78 is 12.4. The van der Waals surface area contributed by atoms with Crippen LogP contribution in [0, 0.1) is 25.4 Å². The van der Waals surface area contributed by atoms with Crippen molar-refractivity contribution in [2.24, 2.45) is 0 Å². The zero-order valence-electron chi connectivity index (χ0n) is 18.4. The lowest BCUT2D eigenvalue weighted by atomic mass is 10.1. The Morgan fingerprint density at radius 1 is 1.03 bits per heavy atom. The molecule has 0 aliphatic rings. The normalized spacial score (nSPS) is 10.9. The van der Waals surface area contributed by atoms with E-state index in [0.29, 0.717) is 23.4 Å². The van der Waals surface area contributed by atoms with Crippen molar-refractivity contribution >= 4 is 68.8 Å². The fourth-order valence-corrected chi connectivity index (χ4v) is 5.09. The molecule has 0 spiro atoms. The molecule has 0 aliphatic carbocycles. The van der Waals surface area contributed by atoms with Crippen LogP contribution in [-0.2, 0) is 16.1 Å². The molecule has 1 amide bonds. The minimum atomic E-state index is -0.543. The van der Waals surface area contributed by atoms with Crippen LogP contribution in [0.3, 0.4) is 0 Å². The lowest BCUT2D eigenvalue weighted by Crippen LogP contribution is -2.13. The van der Waals surface area contributed by atoms with Gasteiger partial charge in [-0.3, -0.25) is 4.79 Å². The fourth-order valence-electron chi connectivity index (χ4n) is 2.96. The van der Waals surface area contributed by atoms with Crippen molar-refractivity contribution in [3.8, 4) is 11.8 Å². The summed E-state index contributed by atoms with van der Waals surface area (Å²) in [4.78, 5) is 24.2. The summed E-state index contributed by atoms with van der Waals surface area (Å²) in [5.74, 6) is -0.253. The van der Waals surface area contributed by atoms with E-state index in [-0.39, 0.29) is 5.57 Å². The Bertz CT molecular complexity index is 1250. The number of rotatable bonds is 7. The Hall–Kier alpha value is -2.91. The maximum atomic E-state index is 12.6. The number of carbonyl (C=O) groups is 2. The number of hydrogen-bond donors (Lipinski definition) is 1. The fraction of sp³-hybridized carbons (Fsp3) is 0.115. The third kappa shape index (κ3) is 6.80. The van der Waals surface area contributed by atoms with Gasteiger partial charge in [0.25, 0.3) is 5.91 Å². The third-order valence-corrected chi connectivity index (χ3v) is 6.37. The largest absolute Gasteiger partial charge is 0.487 e. The summed E-state index contributed by atoms with van der Waals surface area (Å²) in [7, 11) is 1.30. The minimum absolute atomic E-state index is 0.0445. The van der Waals surface area contributed by atoms with Gasteiger partial charge in [0.15, 0.2) is 0 Å². The molecule has 34 heavy (non-hydrogen) atoms. The number of ether oxygens (including phenoxy) is 2. The van der Waals surface area contributed by atoms with Crippen LogP contribution >= 0.6 is 45.2 Å². The van der Waals surface area contributed by atoms with E-state index in [1.165, 1.54) is 30.9 Å². The summed E-state index contributed by atoms with van der Waals surface area (Å²) in [6, 6.07) is 20.1. The molecule has 0 atom stereocenters. The predicted octanol–water partition coefficient (Wildman–Crippen LogP) is 6.12. The zero-order valence-corrected chi connectivity index (χ0v) is 22.7. The molecule has 0 unspecified atom stereocenters. The van der Waals surface area contributed by atoms with E-state index in [4.69, 9.17) is 4.74 Å². The van der Waals surface area contributed by atoms with Gasteiger partial charge >= 0.3 is 5.97 Å². The molecule has 0 fully saturated rings. The zero-order chi connectivity index (χ0) is 24.7. The van der Waals surface area contributed by atoms with E-state index >= 15 is 0 Å². The summed E-state index contributed by atoms with van der Waals surface area (Å²) in [6.07, 6.45) is 1.53. The van der Waals surface area contributed by atoms with Crippen molar-refractivity contribution in [1.29, 1.82) is 5.26 Å². The Morgan fingerprint density at radius 2 is 1.65 bits per heavy atom. The number of nitriles is 1. The van der Waals surface area contributed by atoms with Gasteiger partial charge in [-0.2, -0.15) is 5.26 Å². The number of halogens is 2. The number of anilines is 1. The van der Waals surface area contributed by atoms with Gasteiger partial charge in [-0.15, -0.1) is 0 Å². The summed E-state index contributed by atoms with van der Waals surface area (Å²) in [5, 5.41) is 12.2. The SMILES string of the molecule is COC(=O)c1ccc(NC(=O)/C(C#N)=C/c2cc(I)c(OCc3ccc(C)cc3)c(I)c2)cc1. The molecule has 0 bridgehead atoms. The number of amides is 1. The monoisotopic (exact) mass is 678 g/mol. The van der Waals surface area contributed by atoms with E-state index in [0.717, 1.165) is 18.5 Å². The Morgan fingerprint density at radius 3 is 2.21 bits per heavy atom. The number of hydrogen-bond acceptors (Lipinski definition) is 5. The maximum absolute atomic E-state index is 12.6. The molecule has 3 aromatic rings. The molecule has 8 heteroatoms. The topological polar surface area (TPSA) is 88.4 Å². The van der Waals surface area contributed by atoms with Crippen LogP contribution in [0.4, 0.5) is 5.69 Å². The van der Waals surface area contributed by atoms with Crippen molar-refractivity contribution < 1.29 is 19.1 Å². The first-order valence-electron chi connectivity index (χ1n) is 10.1. The van der Waals surface area contributed by atoms with Gasteiger partial charge in [0.05, 0.1) is 19.8 Å². The summed E-state index contributed by atoms with van der Waals surface area (Å²) in [5.41, 5.74) is 3.76. The van der Waals surface area contributed by atoms with Crippen LogP contribution in [0.15, 0.2) is 66.2 Å². The Kier molecular flexibility index (Phi) is 9.06. The highest BCUT2D eigenvalue weighted by Crippen LogP contribution is 2.30. The van der Waals surface area contributed by atoms with Gasteiger partial charge in [-0.1, -0.05) is 29.8 Å². The van der Waals surface area contributed by atoms with Crippen LogP contribution in [0.5, 0.6) is 5.75 Å². The highest BCUT2D eigenvalue weighted by Gasteiger charge is 2.13. The maximum Gasteiger partial charge on any atom is 0.337 e. The van der Waals surface area contributed by atoms with Crippen molar-refractivity contribution in [3.05, 3.63) is 95.6 Å². The first-order chi connectivity index (χ1) is 16.3. The van der Waals surface area contributed by atoms with Gasteiger partial charge in [-0.25, -0.2) is 4.79 Å². The molecular formula is C26H20I2N2O4. The van der Waals surface area contributed by atoms with Gasteiger partial charge < -0.3 is 14.8 Å². The molecule has 0 saturated heterocycles. The van der Waals surface area contributed by atoms with Gasteiger partial charge in [0.2, 0.25) is 0 Å². The molecule has 0 radical (unpaired) electrons. The first kappa shape index (κ1) is 25.7. The van der Waals surface area contributed by atoms with E-state index in [1.54, 1.807) is 12.1 Å². The van der Waals surface area contributed by atoms with Crippen molar-refractivity contribution in [1.82, 2.24) is 0 Å². The number of aryl methyl sites for hydroxylation is 1. The van der Waals surface area contributed by atoms with Crippen molar-refractivity contribution in [3.63, 3.8) is 0 Å². The predicted molar refractivity (Wildman–Crippen MR) is 147 cm³/mol. The van der Waals surface area contributed by atoms with Crippen LogP contribution in [0.25, 0.3) is 6.08 Å². The Labute approximate surface area is 225 Å². The number of esters is 1. The highest BCUT2D eigenvalue weighted by molar-refractivity contribution is 14.1. The molecule has 6 nitrogen and oxygen atoms in total. The van der Waals surface area contributed by atoms with Crippen LogP contribution in [0.2, 0.25) is 0 Å². The van der Waals surface area contributed by atoms with Crippen LogP contribution < -0.4 is 10.1 Å².